The Morgan fingerprint density at radius 1 is 1.26 bits per heavy atom. The molecule has 0 aliphatic carbocycles. The van der Waals surface area contributed by atoms with Crippen molar-refractivity contribution >= 4 is 10.9 Å². The molecule has 2 aromatic rings. The molecule has 1 aliphatic heterocycles. The van der Waals surface area contributed by atoms with Crippen molar-refractivity contribution in [2.75, 3.05) is 19.8 Å². The first-order chi connectivity index (χ1) is 9.43. The Labute approximate surface area is 114 Å². The minimum absolute atomic E-state index is 0.525. The van der Waals surface area contributed by atoms with Crippen molar-refractivity contribution in [3.8, 4) is 0 Å². The van der Waals surface area contributed by atoms with Gasteiger partial charge in [0.15, 0.2) is 0 Å². The number of aromatic nitrogens is 1. The van der Waals surface area contributed by atoms with Crippen LogP contribution >= 0.6 is 0 Å². The second kappa shape index (κ2) is 6.13. The summed E-state index contributed by atoms with van der Waals surface area (Å²) in [7, 11) is 0. The number of nitrogens with one attached hydrogen (secondary N) is 1. The number of hydrogen-bond donors (Lipinski definition) is 1. The third kappa shape index (κ3) is 3.11. The van der Waals surface area contributed by atoms with Crippen LogP contribution in [-0.4, -0.2) is 30.8 Å². The van der Waals surface area contributed by atoms with Crippen molar-refractivity contribution in [1.82, 2.24) is 10.3 Å². The van der Waals surface area contributed by atoms with Gasteiger partial charge in [0.05, 0.1) is 12.1 Å². The molecule has 1 saturated heterocycles. The Bertz CT molecular complexity index is 530. The van der Waals surface area contributed by atoms with E-state index in [-0.39, 0.29) is 0 Å². The summed E-state index contributed by atoms with van der Waals surface area (Å²) in [4.78, 5) is 4.49. The summed E-state index contributed by atoms with van der Waals surface area (Å²) < 4.78 is 5.48. The molecule has 2 heterocycles. The van der Waals surface area contributed by atoms with Crippen molar-refractivity contribution in [3.63, 3.8) is 0 Å². The van der Waals surface area contributed by atoms with E-state index in [1.165, 1.54) is 23.8 Å². The van der Waals surface area contributed by atoms with Crippen molar-refractivity contribution in [2.24, 2.45) is 0 Å². The number of ether oxygens (including phenoxy) is 1. The van der Waals surface area contributed by atoms with E-state index in [0.717, 1.165) is 31.7 Å². The topological polar surface area (TPSA) is 34.2 Å². The average Bonchev–Trinajstić information content (AvgIpc) is 2.49. The van der Waals surface area contributed by atoms with Crippen LogP contribution < -0.4 is 5.32 Å². The van der Waals surface area contributed by atoms with E-state index in [9.17, 15) is 0 Å². The molecule has 19 heavy (non-hydrogen) atoms. The molecule has 1 unspecified atom stereocenters. The first-order valence-corrected chi connectivity index (χ1v) is 7.07. The van der Waals surface area contributed by atoms with Crippen LogP contribution in [0.3, 0.4) is 0 Å². The number of rotatable bonds is 4. The first-order valence-electron chi connectivity index (χ1n) is 7.07. The van der Waals surface area contributed by atoms with Crippen LogP contribution in [0.25, 0.3) is 10.9 Å². The first kappa shape index (κ1) is 12.6. The van der Waals surface area contributed by atoms with Crippen LogP contribution in [0.5, 0.6) is 0 Å². The van der Waals surface area contributed by atoms with Gasteiger partial charge in [-0.2, -0.15) is 0 Å². The minimum atomic E-state index is 0.525. The highest BCUT2D eigenvalue weighted by Gasteiger charge is 2.12. The Morgan fingerprint density at radius 2 is 2.21 bits per heavy atom. The summed E-state index contributed by atoms with van der Waals surface area (Å²) in [5.74, 6) is 0. The minimum Gasteiger partial charge on any atom is -0.380 e. The van der Waals surface area contributed by atoms with E-state index in [4.69, 9.17) is 4.74 Å². The fourth-order valence-corrected chi connectivity index (χ4v) is 2.68. The number of fused-ring (bicyclic) bond motifs is 1. The third-order valence-electron chi connectivity index (χ3n) is 3.70. The monoisotopic (exact) mass is 256 g/mol. The van der Waals surface area contributed by atoms with E-state index in [1.807, 2.05) is 12.3 Å². The molecule has 1 aromatic heterocycles. The van der Waals surface area contributed by atoms with Gasteiger partial charge in [0.25, 0.3) is 0 Å². The molecule has 3 heteroatoms. The van der Waals surface area contributed by atoms with Gasteiger partial charge >= 0.3 is 0 Å². The Hall–Kier alpha value is -1.45. The summed E-state index contributed by atoms with van der Waals surface area (Å²) >= 11 is 0. The Balaban J connectivity index is 1.62. The van der Waals surface area contributed by atoms with E-state index in [2.05, 4.69) is 34.6 Å². The van der Waals surface area contributed by atoms with E-state index >= 15 is 0 Å². The van der Waals surface area contributed by atoms with E-state index < -0.39 is 0 Å². The zero-order valence-electron chi connectivity index (χ0n) is 11.1. The lowest BCUT2D eigenvalue weighted by molar-refractivity contribution is 0.0707. The second-order valence-electron chi connectivity index (χ2n) is 5.11. The highest BCUT2D eigenvalue weighted by Crippen LogP contribution is 2.16. The highest BCUT2D eigenvalue weighted by atomic mass is 16.5. The predicted molar refractivity (Wildman–Crippen MR) is 77.3 cm³/mol. The van der Waals surface area contributed by atoms with Gasteiger partial charge in [-0.3, -0.25) is 4.98 Å². The molecular formula is C16H20N2O. The van der Waals surface area contributed by atoms with Gasteiger partial charge in [0.1, 0.15) is 0 Å². The summed E-state index contributed by atoms with van der Waals surface area (Å²) in [6, 6.07) is 11.0. The van der Waals surface area contributed by atoms with Gasteiger partial charge in [0, 0.05) is 24.2 Å². The van der Waals surface area contributed by atoms with Gasteiger partial charge in [-0.25, -0.2) is 0 Å². The molecule has 3 nitrogen and oxygen atoms in total. The lowest BCUT2D eigenvalue weighted by atomic mass is 10.1. The van der Waals surface area contributed by atoms with Crippen molar-refractivity contribution in [1.29, 1.82) is 0 Å². The van der Waals surface area contributed by atoms with E-state index in [1.54, 1.807) is 0 Å². The number of benzene rings is 1. The number of nitrogens with zero attached hydrogens (tertiary/aromatic N) is 1. The highest BCUT2D eigenvalue weighted by molar-refractivity contribution is 5.81. The van der Waals surface area contributed by atoms with Crippen molar-refractivity contribution < 1.29 is 4.74 Å². The quantitative estimate of drug-likeness (QED) is 0.913. The van der Waals surface area contributed by atoms with Crippen LogP contribution in [0.4, 0.5) is 0 Å². The van der Waals surface area contributed by atoms with Crippen LogP contribution in [0.1, 0.15) is 18.4 Å². The van der Waals surface area contributed by atoms with Gasteiger partial charge in [-0.15, -0.1) is 0 Å². The van der Waals surface area contributed by atoms with E-state index in [0.29, 0.717) is 6.04 Å². The maximum absolute atomic E-state index is 5.48. The maximum Gasteiger partial charge on any atom is 0.0734 e. The van der Waals surface area contributed by atoms with Crippen LogP contribution in [-0.2, 0) is 11.2 Å². The summed E-state index contributed by atoms with van der Waals surface area (Å²) in [5.41, 5.74) is 2.45. The van der Waals surface area contributed by atoms with Crippen LogP contribution in [0.15, 0.2) is 36.5 Å². The number of pyridine rings is 1. The standard InChI is InChI=1S/C16H20N2O/c1-4-13-6-2-9-18-16(13)14(5-1)8-10-17-15-7-3-11-19-12-15/h1-2,4-6,9,15,17H,3,7-8,10-12H2. The zero-order valence-corrected chi connectivity index (χ0v) is 11.1. The molecule has 3 rings (SSSR count). The smallest absolute Gasteiger partial charge is 0.0734 e. The molecule has 0 saturated carbocycles. The SMILES string of the molecule is c1cnc2c(CCNC3CCCOC3)cccc2c1. The van der Waals surface area contributed by atoms with Gasteiger partial charge < -0.3 is 10.1 Å². The predicted octanol–water partition coefficient (Wildman–Crippen LogP) is 2.55. The van der Waals surface area contributed by atoms with Gasteiger partial charge in [0.2, 0.25) is 0 Å². The molecule has 100 valence electrons. The Morgan fingerprint density at radius 3 is 3.11 bits per heavy atom. The largest absolute Gasteiger partial charge is 0.380 e. The third-order valence-corrected chi connectivity index (χ3v) is 3.70. The normalized spacial score (nSPS) is 19.7. The van der Waals surface area contributed by atoms with Gasteiger partial charge in [-0.05, 0) is 37.4 Å². The molecule has 1 N–H and O–H groups in total. The number of para-hydroxylation sites is 1. The van der Waals surface area contributed by atoms with Crippen LogP contribution in [0.2, 0.25) is 0 Å². The summed E-state index contributed by atoms with van der Waals surface area (Å²) in [6.07, 6.45) is 5.29. The second-order valence-corrected chi connectivity index (χ2v) is 5.11. The summed E-state index contributed by atoms with van der Waals surface area (Å²) in [5, 5.41) is 4.81. The molecule has 1 atom stereocenters. The molecule has 1 aromatic carbocycles. The molecule has 0 bridgehead atoms. The van der Waals surface area contributed by atoms with Gasteiger partial charge in [-0.1, -0.05) is 24.3 Å². The molecule has 0 spiro atoms. The molecule has 1 aliphatic rings. The molecule has 0 radical (unpaired) electrons. The lowest BCUT2D eigenvalue weighted by Crippen LogP contribution is -2.37. The number of hydrogen-bond acceptors (Lipinski definition) is 3. The van der Waals surface area contributed by atoms with Crippen molar-refractivity contribution in [3.05, 3.63) is 42.1 Å². The fourth-order valence-electron chi connectivity index (χ4n) is 2.68. The maximum atomic E-state index is 5.48. The molecular weight excluding hydrogens is 236 g/mol. The molecule has 0 amide bonds. The van der Waals surface area contributed by atoms with Crippen LogP contribution in [0, 0.1) is 0 Å². The van der Waals surface area contributed by atoms with Crippen molar-refractivity contribution in [2.45, 2.75) is 25.3 Å². The fraction of sp³-hybridized carbons (Fsp3) is 0.438. The molecule has 1 fully saturated rings. The zero-order chi connectivity index (χ0) is 12.9. The summed E-state index contributed by atoms with van der Waals surface area (Å²) in [6.45, 7) is 2.77. The Kier molecular flexibility index (Phi) is 4.06. The average molecular weight is 256 g/mol. The lowest BCUT2D eigenvalue weighted by Gasteiger charge is -2.23.